The van der Waals surface area contributed by atoms with E-state index in [1.165, 1.54) is 13.2 Å². The van der Waals surface area contributed by atoms with Gasteiger partial charge in [-0.2, -0.15) is 0 Å². The molecule has 0 aromatic rings. The maximum Gasteiger partial charge on any atom is 0.335 e. The molecule has 2 N–H and O–H groups in total. The Balaban J connectivity index is 2.86. The Kier molecular flexibility index (Phi) is 1.87. The standard InChI is InChI=1S/C7H11NO3/c1-7(4-8)5(10-2)3-6(9)11-7/h3H,4,8H2,1-2H3. The van der Waals surface area contributed by atoms with Gasteiger partial charge in [-0.3, -0.25) is 0 Å². The van der Waals surface area contributed by atoms with Crippen molar-refractivity contribution < 1.29 is 14.3 Å². The number of esters is 1. The summed E-state index contributed by atoms with van der Waals surface area (Å²) in [6.07, 6.45) is 1.31. The number of hydrogen-bond donors (Lipinski definition) is 1. The summed E-state index contributed by atoms with van der Waals surface area (Å²) in [5, 5.41) is 0. The maximum atomic E-state index is 10.8. The largest absolute Gasteiger partial charge is 0.497 e. The van der Waals surface area contributed by atoms with Gasteiger partial charge in [0.2, 0.25) is 0 Å². The molecule has 0 saturated heterocycles. The Labute approximate surface area is 65.0 Å². The van der Waals surface area contributed by atoms with Crippen molar-refractivity contribution in [2.75, 3.05) is 13.7 Å². The summed E-state index contributed by atoms with van der Waals surface area (Å²) in [6.45, 7) is 1.95. The van der Waals surface area contributed by atoms with Gasteiger partial charge in [0, 0.05) is 6.54 Å². The van der Waals surface area contributed by atoms with Crippen molar-refractivity contribution in [2.24, 2.45) is 5.73 Å². The van der Waals surface area contributed by atoms with Gasteiger partial charge in [-0.15, -0.1) is 0 Å². The topological polar surface area (TPSA) is 61.5 Å². The van der Waals surface area contributed by atoms with Crippen molar-refractivity contribution in [1.29, 1.82) is 0 Å². The highest BCUT2D eigenvalue weighted by Crippen LogP contribution is 2.26. The Morgan fingerprint density at radius 3 is 2.82 bits per heavy atom. The summed E-state index contributed by atoms with van der Waals surface area (Å²) in [6, 6.07) is 0. The first-order valence-corrected chi connectivity index (χ1v) is 3.31. The van der Waals surface area contributed by atoms with Gasteiger partial charge in [0.05, 0.1) is 13.2 Å². The highest BCUT2D eigenvalue weighted by molar-refractivity contribution is 5.86. The monoisotopic (exact) mass is 157 g/mol. The smallest absolute Gasteiger partial charge is 0.335 e. The molecule has 1 aliphatic heterocycles. The van der Waals surface area contributed by atoms with E-state index in [2.05, 4.69) is 0 Å². The van der Waals surface area contributed by atoms with Gasteiger partial charge in [0.25, 0.3) is 0 Å². The minimum absolute atomic E-state index is 0.235. The highest BCUT2D eigenvalue weighted by atomic mass is 16.6. The summed E-state index contributed by atoms with van der Waals surface area (Å²) in [5.74, 6) is 0.0970. The van der Waals surface area contributed by atoms with Gasteiger partial charge < -0.3 is 15.2 Å². The van der Waals surface area contributed by atoms with Gasteiger partial charge in [-0.05, 0) is 6.92 Å². The second-order valence-corrected chi connectivity index (χ2v) is 2.57. The van der Waals surface area contributed by atoms with Crippen molar-refractivity contribution in [2.45, 2.75) is 12.5 Å². The Bertz CT molecular complexity index is 212. The molecule has 1 unspecified atom stereocenters. The third-order valence-corrected chi connectivity index (χ3v) is 1.71. The minimum atomic E-state index is -0.758. The lowest BCUT2D eigenvalue weighted by Crippen LogP contribution is -2.37. The summed E-state index contributed by atoms with van der Waals surface area (Å²) >= 11 is 0. The molecule has 0 aromatic carbocycles. The van der Waals surface area contributed by atoms with Crippen LogP contribution in [0, 0.1) is 0 Å². The fraction of sp³-hybridized carbons (Fsp3) is 0.571. The van der Waals surface area contributed by atoms with Crippen molar-refractivity contribution in [1.82, 2.24) is 0 Å². The van der Waals surface area contributed by atoms with E-state index < -0.39 is 11.6 Å². The summed E-state index contributed by atoms with van der Waals surface area (Å²) in [5.41, 5.74) is 4.64. The normalized spacial score (nSPS) is 29.7. The first kappa shape index (κ1) is 8.07. The van der Waals surface area contributed by atoms with E-state index in [4.69, 9.17) is 15.2 Å². The molecule has 62 valence electrons. The lowest BCUT2D eigenvalue weighted by Gasteiger charge is -2.22. The van der Waals surface area contributed by atoms with Crippen LogP contribution < -0.4 is 5.73 Å². The Morgan fingerprint density at radius 1 is 1.82 bits per heavy atom. The SMILES string of the molecule is COC1=CC(=O)OC1(C)CN. The molecular formula is C7H11NO3. The van der Waals surface area contributed by atoms with Gasteiger partial charge in [-0.1, -0.05) is 0 Å². The van der Waals surface area contributed by atoms with Crippen LogP contribution in [0.4, 0.5) is 0 Å². The molecule has 4 nitrogen and oxygen atoms in total. The van der Waals surface area contributed by atoms with Crippen LogP contribution in [0.3, 0.4) is 0 Å². The summed E-state index contributed by atoms with van der Waals surface area (Å²) in [4.78, 5) is 10.8. The van der Waals surface area contributed by atoms with Crippen molar-refractivity contribution >= 4 is 5.97 Å². The number of nitrogens with two attached hydrogens (primary N) is 1. The van der Waals surface area contributed by atoms with E-state index >= 15 is 0 Å². The number of carbonyl (C=O) groups is 1. The number of rotatable bonds is 2. The molecule has 0 aromatic heterocycles. The molecule has 1 rings (SSSR count). The minimum Gasteiger partial charge on any atom is -0.497 e. The molecule has 0 radical (unpaired) electrons. The molecule has 0 aliphatic carbocycles. The predicted molar refractivity (Wildman–Crippen MR) is 38.6 cm³/mol. The van der Waals surface area contributed by atoms with Crippen LogP contribution in [-0.4, -0.2) is 25.2 Å². The van der Waals surface area contributed by atoms with Gasteiger partial charge in [0.15, 0.2) is 5.60 Å². The number of methoxy groups -OCH3 is 1. The van der Waals surface area contributed by atoms with Crippen LogP contribution in [0.2, 0.25) is 0 Å². The van der Waals surface area contributed by atoms with Crippen molar-refractivity contribution in [3.05, 3.63) is 11.8 Å². The van der Waals surface area contributed by atoms with Crippen LogP contribution in [0.15, 0.2) is 11.8 Å². The molecule has 0 amide bonds. The third kappa shape index (κ3) is 1.21. The molecule has 0 bridgehead atoms. The van der Waals surface area contributed by atoms with E-state index in [1.54, 1.807) is 6.92 Å². The molecule has 11 heavy (non-hydrogen) atoms. The summed E-state index contributed by atoms with van der Waals surface area (Å²) < 4.78 is 9.84. The van der Waals surface area contributed by atoms with E-state index in [0.717, 1.165) is 0 Å². The van der Waals surface area contributed by atoms with Gasteiger partial charge in [-0.25, -0.2) is 4.79 Å². The van der Waals surface area contributed by atoms with E-state index in [-0.39, 0.29) is 6.54 Å². The Hall–Kier alpha value is -1.03. The molecule has 0 fully saturated rings. The number of cyclic esters (lactones) is 1. The van der Waals surface area contributed by atoms with Gasteiger partial charge in [0.1, 0.15) is 5.76 Å². The first-order chi connectivity index (χ1) is 5.12. The average Bonchev–Trinajstić information content (AvgIpc) is 2.27. The molecular weight excluding hydrogens is 146 g/mol. The van der Waals surface area contributed by atoms with Crippen LogP contribution in [0.5, 0.6) is 0 Å². The zero-order valence-electron chi connectivity index (χ0n) is 6.59. The average molecular weight is 157 g/mol. The molecule has 1 atom stereocenters. The van der Waals surface area contributed by atoms with E-state index in [9.17, 15) is 4.79 Å². The molecule has 0 saturated carbocycles. The van der Waals surface area contributed by atoms with Crippen LogP contribution in [0.1, 0.15) is 6.92 Å². The molecule has 1 aliphatic rings. The van der Waals surface area contributed by atoms with Crippen LogP contribution >= 0.6 is 0 Å². The van der Waals surface area contributed by atoms with E-state index in [1.807, 2.05) is 0 Å². The number of carbonyl (C=O) groups excluding carboxylic acids is 1. The fourth-order valence-electron chi connectivity index (χ4n) is 0.979. The van der Waals surface area contributed by atoms with Crippen molar-refractivity contribution in [3.63, 3.8) is 0 Å². The van der Waals surface area contributed by atoms with Crippen LogP contribution in [0.25, 0.3) is 0 Å². The molecule has 4 heteroatoms. The van der Waals surface area contributed by atoms with Gasteiger partial charge >= 0.3 is 5.97 Å². The lowest BCUT2D eigenvalue weighted by atomic mass is 10.1. The zero-order chi connectivity index (χ0) is 8.48. The summed E-state index contributed by atoms with van der Waals surface area (Å²) in [7, 11) is 1.49. The Morgan fingerprint density at radius 2 is 2.45 bits per heavy atom. The number of ether oxygens (including phenoxy) is 2. The first-order valence-electron chi connectivity index (χ1n) is 3.31. The second kappa shape index (κ2) is 2.54. The second-order valence-electron chi connectivity index (χ2n) is 2.57. The highest BCUT2D eigenvalue weighted by Gasteiger charge is 2.38. The van der Waals surface area contributed by atoms with Crippen molar-refractivity contribution in [3.8, 4) is 0 Å². The zero-order valence-corrected chi connectivity index (χ0v) is 6.59. The fourth-order valence-corrected chi connectivity index (χ4v) is 0.979. The third-order valence-electron chi connectivity index (χ3n) is 1.71. The molecule has 1 heterocycles. The molecule has 0 spiro atoms. The quantitative estimate of drug-likeness (QED) is 0.563. The van der Waals surface area contributed by atoms with E-state index in [0.29, 0.717) is 5.76 Å². The predicted octanol–water partition coefficient (Wildman–Crippen LogP) is -0.209. The maximum absolute atomic E-state index is 10.8. The number of hydrogen-bond acceptors (Lipinski definition) is 4. The lowest BCUT2D eigenvalue weighted by molar-refractivity contribution is -0.145. The van der Waals surface area contributed by atoms with Crippen LogP contribution in [-0.2, 0) is 14.3 Å².